The Bertz CT molecular complexity index is 812. The Hall–Kier alpha value is -1.76. The van der Waals surface area contributed by atoms with Crippen LogP contribution >= 0.6 is 12.4 Å². The lowest BCUT2D eigenvalue weighted by Crippen LogP contribution is -2.45. The van der Waals surface area contributed by atoms with Gasteiger partial charge in [-0.25, -0.2) is 0 Å². The van der Waals surface area contributed by atoms with E-state index < -0.39 is 11.6 Å². The average molecular weight is 443 g/mol. The molecular formula is C23H30ClF3N2O. The fourth-order valence-corrected chi connectivity index (χ4v) is 3.83. The molecule has 1 aliphatic rings. The molecule has 0 bridgehead atoms. The van der Waals surface area contributed by atoms with Crippen molar-refractivity contribution in [3.8, 4) is 5.75 Å². The maximum atomic E-state index is 13.5. The van der Waals surface area contributed by atoms with E-state index in [-0.39, 0.29) is 30.1 Å². The van der Waals surface area contributed by atoms with Crippen LogP contribution in [0.25, 0.3) is 0 Å². The molecule has 30 heavy (non-hydrogen) atoms. The van der Waals surface area contributed by atoms with E-state index in [9.17, 15) is 13.2 Å². The number of ether oxygens (including phenoxy) is 1. The van der Waals surface area contributed by atoms with Crippen LogP contribution in [0.2, 0.25) is 0 Å². The second-order valence-electron chi connectivity index (χ2n) is 8.12. The van der Waals surface area contributed by atoms with Crippen LogP contribution in [0.4, 0.5) is 13.2 Å². The van der Waals surface area contributed by atoms with Crippen LogP contribution in [0.1, 0.15) is 49.4 Å². The summed E-state index contributed by atoms with van der Waals surface area (Å²) in [7, 11) is 1.54. The van der Waals surface area contributed by atoms with Gasteiger partial charge in [0.25, 0.3) is 0 Å². The van der Waals surface area contributed by atoms with Crippen molar-refractivity contribution in [2.45, 2.75) is 56.9 Å². The molecule has 3 nitrogen and oxygen atoms in total. The summed E-state index contributed by atoms with van der Waals surface area (Å²) in [5, 5.41) is 7.12. The van der Waals surface area contributed by atoms with E-state index in [1.807, 2.05) is 18.2 Å². The normalized spacial score (nSPS) is 19.8. The summed E-state index contributed by atoms with van der Waals surface area (Å²) in [6.45, 7) is 3.82. The molecule has 166 valence electrons. The molecule has 1 saturated heterocycles. The first-order valence-electron chi connectivity index (χ1n) is 10.00. The Morgan fingerprint density at radius 2 is 1.80 bits per heavy atom. The standard InChI is InChI=1S/C23H29F3N2O.ClH/c1-22(2,23(24,25)26)18-11-12-20(29-3)17(14-18)15-28-19-10-7-13-27-21(19)16-8-5-4-6-9-16;/h4-6,8-9,11-12,14,19,21,27-28H,7,10,13,15H2,1-3H3;1H/t19-,21-;/m0./s1. The molecule has 2 atom stereocenters. The maximum Gasteiger partial charge on any atom is 0.397 e. The third-order valence-corrected chi connectivity index (χ3v) is 5.88. The van der Waals surface area contributed by atoms with Crippen LogP contribution in [0, 0.1) is 0 Å². The number of benzene rings is 2. The second kappa shape index (κ2) is 10.0. The van der Waals surface area contributed by atoms with E-state index in [1.54, 1.807) is 19.2 Å². The van der Waals surface area contributed by atoms with Gasteiger partial charge >= 0.3 is 6.18 Å². The average Bonchev–Trinajstić information content (AvgIpc) is 2.72. The minimum atomic E-state index is -4.32. The van der Waals surface area contributed by atoms with Gasteiger partial charge < -0.3 is 15.4 Å². The number of hydrogen-bond acceptors (Lipinski definition) is 3. The molecule has 0 aromatic heterocycles. The first kappa shape index (κ1) is 24.5. The van der Waals surface area contributed by atoms with Gasteiger partial charge in [-0.15, -0.1) is 12.4 Å². The molecule has 0 saturated carbocycles. The van der Waals surface area contributed by atoms with Crippen molar-refractivity contribution in [3.63, 3.8) is 0 Å². The molecule has 2 aromatic rings. The first-order valence-corrected chi connectivity index (χ1v) is 10.00. The van der Waals surface area contributed by atoms with Crippen LogP contribution in [0.3, 0.4) is 0 Å². The second-order valence-corrected chi connectivity index (χ2v) is 8.12. The summed E-state index contributed by atoms with van der Waals surface area (Å²) >= 11 is 0. The van der Waals surface area contributed by atoms with Crippen LogP contribution in [0.15, 0.2) is 48.5 Å². The minimum absolute atomic E-state index is 0. The summed E-state index contributed by atoms with van der Waals surface area (Å²) in [6.07, 6.45) is -2.26. The van der Waals surface area contributed by atoms with E-state index >= 15 is 0 Å². The number of rotatable bonds is 6. The molecule has 2 aromatic carbocycles. The van der Waals surface area contributed by atoms with Gasteiger partial charge in [0, 0.05) is 24.2 Å². The highest BCUT2D eigenvalue weighted by atomic mass is 35.5. The van der Waals surface area contributed by atoms with Gasteiger partial charge in [0.2, 0.25) is 0 Å². The summed E-state index contributed by atoms with van der Waals surface area (Å²) in [6, 6.07) is 15.4. The molecule has 0 amide bonds. The SMILES string of the molecule is COc1ccc(C(C)(C)C(F)(F)F)cc1CN[C@H]1CCCN[C@H]1c1ccccc1.Cl. The Morgan fingerprint density at radius 3 is 2.43 bits per heavy atom. The van der Waals surface area contributed by atoms with Crippen LogP contribution in [-0.4, -0.2) is 25.9 Å². The topological polar surface area (TPSA) is 33.3 Å². The van der Waals surface area contributed by atoms with E-state index in [4.69, 9.17) is 4.74 Å². The lowest BCUT2D eigenvalue weighted by atomic mass is 9.83. The van der Waals surface area contributed by atoms with Crippen LogP contribution < -0.4 is 15.4 Å². The van der Waals surface area contributed by atoms with Crippen molar-refractivity contribution in [3.05, 3.63) is 65.2 Å². The fraction of sp³-hybridized carbons (Fsp3) is 0.478. The quantitative estimate of drug-likeness (QED) is 0.616. The molecule has 0 unspecified atom stereocenters. The first-order chi connectivity index (χ1) is 13.7. The third kappa shape index (κ3) is 5.29. The number of alkyl halides is 3. The van der Waals surface area contributed by atoms with Crippen molar-refractivity contribution >= 4 is 12.4 Å². The smallest absolute Gasteiger partial charge is 0.397 e. The highest BCUT2D eigenvalue weighted by Crippen LogP contribution is 2.41. The van der Waals surface area contributed by atoms with Crippen molar-refractivity contribution < 1.29 is 17.9 Å². The molecule has 0 spiro atoms. The Labute approximate surface area is 182 Å². The summed E-state index contributed by atoms with van der Waals surface area (Å²) in [5.74, 6) is 0.597. The molecule has 3 rings (SSSR count). The Balaban J connectivity index is 0.00000320. The molecule has 1 fully saturated rings. The third-order valence-electron chi connectivity index (χ3n) is 5.88. The largest absolute Gasteiger partial charge is 0.496 e. The summed E-state index contributed by atoms with van der Waals surface area (Å²) in [4.78, 5) is 0. The van der Waals surface area contributed by atoms with E-state index in [0.717, 1.165) is 24.9 Å². The molecular weight excluding hydrogens is 413 g/mol. The van der Waals surface area contributed by atoms with Gasteiger partial charge in [-0.3, -0.25) is 0 Å². The highest BCUT2D eigenvalue weighted by Gasteiger charge is 2.48. The van der Waals surface area contributed by atoms with Crippen molar-refractivity contribution in [1.82, 2.24) is 10.6 Å². The van der Waals surface area contributed by atoms with Crippen LogP contribution in [-0.2, 0) is 12.0 Å². The zero-order valence-electron chi connectivity index (χ0n) is 17.6. The molecule has 7 heteroatoms. The number of hydrogen-bond donors (Lipinski definition) is 2. The summed E-state index contributed by atoms with van der Waals surface area (Å²) < 4.78 is 45.9. The monoisotopic (exact) mass is 442 g/mol. The van der Waals surface area contributed by atoms with Gasteiger partial charge in [0.15, 0.2) is 0 Å². The van der Waals surface area contributed by atoms with Gasteiger partial charge in [0.05, 0.1) is 12.5 Å². The number of piperidine rings is 1. The zero-order chi connectivity index (χ0) is 21.1. The fourth-order valence-electron chi connectivity index (χ4n) is 3.83. The minimum Gasteiger partial charge on any atom is -0.496 e. The predicted molar refractivity (Wildman–Crippen MR) is 116 cm³/mol. The van der Waals surface area contributed by atoms with E-state index in [1.165, 1.54) is 25.5 Å². The van der Waals surface area contributed by atoms with E-state index in [0.29, 0.717) is 12.3 Å². The predicted octanol–water partition coefficient (Wildman–Crippen LogP) is 5.54. The Morgan fingerprint density at radius 1 is 1.10 bits per heavy atom. The van der Waals surface area contributed by atoms with Crippen LogP contribution in [0.5, 0.6) is 5.75 Å². The number of nitrogens with one attached hydrogen (secondary N) is 2. The number of halogens is 4. The van der Waals surface area contributed by atoms with E-state index in [2.05, 4.69) is 22.8 Å². The lowest BCUT2D eigenvalue weighted by molar-refractivity contribution is -0.180. The van der Waals surface area contributed by atoms with Crippen molar-refractivity contribution in [1.29, 1.82) is 0 Å². The van der Waals surface area contributed by atoms with Gasteiger partial charge in [-0.2, -0.15) is 13.2 Å². The van der Waals surface area contributed by atoms with Gasteiger partial charge in [-0.05, 0) is 56.5 Å². The lowest BCUT2D eigenvalue weighted by Gasteiger charge is -2.34. The van der Waals surface area contributed by atoms with Crippen molar-refractivity contribution in [2.75, 3.05) is 13.7 Å². The van der Waals surface area contributed by atoms with Gasteiger partial charge in [0.1, 0.15) is 5.75 Å². The van der Waals surface area contributed by atoms with Gasteiger partial charge in [-0.1, -0.05) is 36.4 Å². The summed E-state index contributed by atoms with van der Waals surface area (Å²) in [5.41, 5.74) is 0.264. The molecule has 1 heterocycles. The zero-order valence-corrected chi connectivity index (χ0v) is 18.4. The van der Waals surface area contributed by atoms with Crippen molar-refractivity contribution in [2.24, 2.45) is 0 Å². The number of methoxy groups -OCH3 is 1. The maximum absolute atomic E-state index is 13.5. The molecule has 2 N–H and O–H groups in total. The molecule has 0 aliphatic carbocycles. The molecule has 0 radical (unpaired) electrons. The highest BCUT2D eigenvalue weighted by molar-refractivity contribution is 5.85. The molecule has 1 aliphatic heterocycles. The Kier molecular flexibility index (Phi) is 8.20.